The normalized spacial score (nSPS) is 43.8. The molecule has 1 heterocycles. The van der Waals surface area contributed by atoms with Gasteiger partial charge in [-0.3, -0.25) is 4.79 Å². The first-order valence-electron chi connectivity index (χ1n) is 7.71. The molecular formula is C17H22O5. The van der Waals surface area contributed by atoms with E-state index in [2.05, 4.69) is 6.58 Å². The molecule has 6 atom stereocenters. The average Bonchev–Trinajstić information content (AvgIpc) is 2.84. The summed E-state index contributed by atoms with van der Waals surface area (Å²) in [5.41, 5.74) is 0.398. The zero-order chi connectivity index (χ0) is 16.2. The van der Waals surface area contributed by atoms with Gasteiger partial charge in [-0.2, -0.15) is 0 Å². The van der Waals surface area contributed by atoms with Gasteiger partial charge in [-0.05, 0) is 25.7 Å². The minimum atomic E-state index is -0.965. The number of hydrogen-bond acceptors (Lipinski definition) is 5. The predicted molar refractivity (Wildman–Crippen MR) is 78.7 cm³/mol. The van der Waals surface area contributed by atoms with Gasteiger partial charge in [-0.25, -0.2) is 4.79 Å². The maximum absolute atomic E-state index is 12.0. The van der Waals surface area contributed by atoms with E-state index in [9.17, 15) is 14.7 Å². The van der Waals surface area contributed by atoms with Crippen LogP contribution in [0.4, 0.5) is 0 Å². The van der Waals surface area contributed by atoms with Crippen molar-refractivity contribution in [2.75, 3.05) is 0 Å². The summed E-state index contributed by atoms with van der Waals surface area (Å²) < 4.78 is 11.0. The minimum Gasteiger partial charge on any atom is -0.462 e. The van der Waals surface area contributed by atoms with E-state index in [1.807, 2.05) is 19.9 Å². The number of carbonyl (C=O) groups is 2. The van der Waals surface area contributed by atoms with Crippen LogP contribution < -0.4 is 0 Å². The van der Waals surface area contributed by atoms with Gasteiger partial charge in [0.15, 0.2) is 0 Å². The van der Waals surface area contributed by atoms with Gasteiger partial charge in [0.25, 0.3) is 0 Å². The molecule has 1 aliphatic heterocycles. The highest BCUT2D eigenvalue weighted by molar-refractivity contribution is 5.91. The predicted octanol–water partition coefficient (Wildman–Crippen LogP) is 1.75. The molecule has 3 aliphatic rings. The highest BCUT2D eigenvalue weighted by atomic mass is 16.6. The van der Waals surface area contributed by atoms with Crippen molar-refractivity contribution in [2.24, 2.45) is 17.8 Å². The van der Waals surface area contributed by atoms with Crippen LogP contribution in [-0.4, -0.2) is 34.9 Å². The first kappa shape index (κ1) is 15.3. The van der Waals surface area contributed by atoms with Crippen molar-refractivity contribution in [2.45, 2.75) is 51.4 Å². The average molecular weight is 306 g/mol. The van der Waals surface area contributed by atoms with E-state index < -0.39 is 29.7 Å². The maximum Gasteiger partial charge on any atom is 0.334 e. The Morgan fingerprint density at radius 3 is 2.86 bits per heavy atom. The third-order valence-electron chi connectivity index (χ3n) is 5.53. The molecular weight excluding hydrogens is 284 g/mol. The first-order chi connectivity index (χ1) is 10.3. The lowest BCUT2D eigenvalue weighted by Crippen LogP contribution is -2.46. The maximum atomic E-state index is 12.0. The second-order valence-corrected chi connectivity index (χ2v) is 6.83. The molecule has 0 aromatic carbocycles. The van der Waals surface area contributed by atoms with Crippen LogP contribution in [-0.2, 0) is 19.1 Å². The van der Waals surface area contributed by atoms with Gasteiger partial charge in [-0.15, -0.1) is 0 Å². The molecule has 3 rings (SSSR count). The number of esters is 2. The Morgan fingerprint density at radius 1 is 1.55 bits per heavy atom. The molecule has 22 heavy (non-hydrogen) atoms. The summed E-state index contributed by atoms with van der Waals surface area (Å²) in [5, 5.41) is 11.2. The Balaban J connectivity index is 2.06. The van der Waals surface area contributed by atoms with Crippen molar-refractivity contribution in [3.05, 3.63) is 23.8 Å². The molecule has 0 amide bonds. The highest BCUT2D eigenvalue weighted by Gasteiger charge is 2.60. The van der Waals surface area contributed by atoms with E-state index in [1.54, 1.807) is 0 Å². The molecule has 0 aromatic rings. The van der Waals surface area contributed by atoms with Gasteiger partial charge in [0.1, 0.15) is 12.2 Å². The second kappa shape index (κ2) is 4.95. The molecule has 2 aliphatic carbocycles. The summed E-state index contributed by atoms with van der Waals surface area (Å²) >= 11 is 0. The molecule has 0 aromatic heterocycles. The fraction of sp³-hybridized carbons (Fsp3) is 0.647. The Morgan fingerprint density at radius 2 is 2.23 bits per heavy atom. The summed E-state index contributed by atoms with van der Waals surface area (Å²) in [7, 11) is 0. The topological polar surface area (TPSA) is 72.8 Å². The standard InChI is InChI=1S/C17H22O5/c1-8-5-6-17(20)9(2)7-12(21-11(4)18)13-10(3)16(19)22-15(13)14(8)17/h5,9,12-15,20H,3,6-7H2,1-2,4H3. The quantitative estimate of drug-likeness (QED) is 0.454. The first-order valence-corrected chi connectivity index (χ1v) is 7.71. The number of hydrogen-bond donors (Lipinski definition) is 1. The molecule has 0 radical (unpaired) electrons. The molecule has 2 fully saturated rings. The van der Waals surface area contributed by atoms with Crippen LogP contribution in [0.1, 0.15) is 33.6 Å². The van der Waals surface area contributed by atoms with Crippen molar-refractivity contribution in [3.63, 3.8) is 0 Å². The number of aliphatic hydroxyl groups is 1. The van der Waals surface area contributed by atoms with E-state index in [1.165, 1.54) is 6.92 Å². The van der Waals surface area contributed by atoms with Crippen molar-refractivity contribution in [1.82, 2.24) is 0 Å². The molecule has 0 spiro atoms. The fourth-order valence-corrected chi connectivity index (χ4v) is 4.38. The van der Waals surface area contributed by atoms with Gasteiger partial charge < -0.3 is 14.6 Å². The molecule has 1 saturated carbocycles. The lowest BCUT2D eigenvalue weighted by molar-refractivity contribution is -0.150. The van der Waals surface area contributed by atoms with E-state index >= 15 is 0 Å². The van der Waals surface area contributed by atoms with Gasteiger partial charge in [0.05, 0.1) is 11.5 Å². The monoisotopic (exact) mass is 306 g/mol. The lowest BCUT2D eigenvalue weighted by atomic mass is 9.75. The summed E-state index contributed by atoms with van der Waals surface area (Å²) in [5.74, 6) is -1.58. The SMILES string of the molecule is C=C1C(=O)OC2C1C(OC(C)=O)CC(C)C1(O)CC=C(C)C21. The number of ether oxygens (including phenoxy) is 2. The third kappa shape index (κ3) is 2.02. The molecule has 5 heteroatoms. The van der Waals surface area contributed by atoms with E-state index in [-0.39, 0.29) is 17.8 Å². The molecule has 5 nitrogen and oxygen atoms in total. The highest BCUT2D eigenvalue weighted by Crippen LogP contribution is 2.53. The van der Waals surface area contributed by atoms with E-state index in [4.69, 9.17) is 9.47 Å². The Bertz CT molecular complexity index is 578. The van der Waals surface area contributed by atoms with Crippen LogP contribution in [0.2, 0.25) is 0 Å². The molecule has 6 unspecified atom stereocenters. The minimum absolute atomic E-state index is 0.0762. The Labute approximate surface area is 130 Å². The van der Waals surface area contributed by atoms with Crippen molar-refractivity contribution in [3.8, 4) is 0 Å². The van der Waals surface area contributed by atoms with E-state index in [0.717, 1.165) is 5.57 Å². The molecule has 0 bridgehead atoms. The van der Waals surface area contributed by atoms with Crippen LogP contribution in [0.15, 0.2) is 23.8 Å². The van der Waals surface area contributed by atoms with Gasteiger partial charge in [0, 0.05) is 18.4 Å². The lowest BCUT2D eigenvalue weighted by Gasteiger charge is -2.37. The van der Waals surface area contributed by atoms with Crippen molar-refractivity contribution < 1.29 is 24.2 Å². The largest absolute Gasteiger partial charge is 0.462 e. The molecule has 1 N–H and O–H groups in total. The van der Waals surface area contributed by atoms with Gasteiger partial charge in [-0.1, -0.05) is 25.2 Å². The number of rotatable bonds is 1. The number of carbonyl (C=O) groups excluding carboxylic acids is 2. The van der Waals surface area contributed by atoms with Crippen molar-refractivity contribution in [1.29, 1.82) is 0 Å². The van der Waals surface area contributed by atoms with Crippen LogP contribution in [0.25, 0.3) is 0 Å². The van der Waals surface area contributed by atoms with E-state index in [0.29, 0.717) is 18.4 Å². The molecule has 1 saturated heterocycles. The molecule has 120 valence electrons. The second-order valence-electron chi connectivity index (χ2n) is 6.83. The van der Waals surface area contributed by atoms with Crippen LogP contribution in [0, 0.1) is 17.8 Å². The zero-order valence-corrected chi connectivity index (χ0v) is 13.2. The van der Waals surface area contributed by atoms with Crippen LogP contribution >= 0.6 is 0 Å². The fourth-order valence-electron chi connectivity index (χ4n) is 4.38. The van der Waals surface area contributed by atoms with Gasteiger partial charge >= 0.3 is 11.9 Å². The summed E-state index contributed by atoms with van der Waals surface area (Å²) in [6, 6.07) is 0. The third-order valence-corrected chi connectivity index (χ3v) is 5.53. The van der Waals surface area contributed by atoms with Crippen LogP contribution in [0.5, 0.6) is 0 Å². The number of fused-ring (bicyclic) bond motifs is 3. The summed E-state index contributed by atoms with van der Waals surface area (Å²) in [4.78, 5) is 23.4. The smallest absolute Gasteiger partial charge is 0.334 e. The van der Waals surface area contributed by atoms with Gasteiger partial charge in [0.2, 0.25) is 0 Å². The Kier molecular flexibility index (Phi) is 3.44. The van der Waals surface area contributed by atoms with Crippen molar-refractivity contribution >= 4 is 11.9 Å². The van der Waals surface area contributed by atoms with Crippen LogP contribution in [0.3, 0.4) is 0 Å². The Hall–Kier alpha value is -1.62. The zero-order valence-electron chi connectivity index (χ0n) is 13.2. The summed E-state index contributed by atoms with van der Waals surface area (Å²) in [6.45, 7) is 9.10. The summed E-state index contributed by atoms with van der Waals surface area (Å²) in [6.07, 6.45) is 2.03.